The van der Waals surface area contributed by atoms with Crippen LogP contribution in [0.4, 0.5) is 0 Å². The van der Waals surface area contributed by atoms with Gasteiger partial charge >= 0.3 is 5.97 Å². The van der Waals surface area contributed by atoms with E-state index >= 15 is 0 Å². The van der Waals surface area contributed by atoms with Crippen LogP contribution in [0.5, 0.6) is 11.5 Å². The van der Waals surface area contributed by atoms with Gasteiger partial charge < -0.3 is 18.6 Å². The van der Waals surface area contributed by atoms with Crippen molar-refractivity contribution in [1.29, 1.82) is 0 Å². The largest absolute Gasteiger partial charge is 0.462 e. The zero-order valence-corrected chi connectivity index (χ0v) is 15.3. The quantitative estimate of drug-likeness (QED) is 0.625. The number of ether oxygens (including phenoxy) is 3. The molecule has 1 saturated heterocycles. The molecule has 1 aromatic rings. The molecule has 0 N–H and O–H groups in total. The van der Waals surface area contributed by atoms with E-state index < -0.39 is 14.2 Å². The second-order valence-corrected chi connectivity index (χ2v) is 12.4. The van der Waals surface area contributed by atoms with Crippen molar-refractivity contribution in [1.82, 2.24) is 0 Å². The van der Waals surface area contributed by atoms with Gasteiger partial charge in [-0.2, -0.15) is 0 Å². The molecule has 6 heteroatoms. The molecule has 0 bridgehead atoms. The molecule has 1 aromatic carbocycles. The Morgan fingerprint density at radius 2 is 1.83 bits per heavy atom. The fourth-order valence-electron chi connectivity index (χ4n) is 2.62. The van der Waals surface area contributed by atoms with Gasteiger partial charge in [-0.1, -0.05) is 26.8 Å². The molecule has 2 atom stereocenters. The Morgan fingerprint density at radius 3 is 2.52 bits per heavy atom. The van der Waals surface area contributed by atoms with Gasteiger partial charge in [-0.25, -0.2) is 0 Å². The number of carbonyl (C=O) groups is 1. The summed E-state index contributed by atoms with van der Waals surface area (Å²) in [6.45, 7) is 11.5. The lowest BCUT2D eigenvalue weighted by atomic mass is 9.95. The molecule has 23 heavy (non-hydrogen) atoms. The fourth-order valence-corrected chi connectivity index (χ4v) is 3.93. The maximum Gasteiger partial charge on any atom is 0.316 e. The Bertz CT molecular complexity index is 620. The second-order valence-electron chi connectivity index (χ2n) is 7.64. The molecule has 0 unspecified atom stereocenters. The molecular formula is C17H24O5Si. The third-order valence-corrected chi connectivity index (χ3v) is 9.53. The number of benzene rings is 1. The zero-order chi connectivity index (χ0) is 16.8. The number of cyclic esters (lactones) is 1. The first-order chi connectivity index (χ1) is 10.7. The third kappa shape index (κ3) is 2.97. The average molecular weight is 336 g/mol. The van der Waals surface area contributed by atoms with Gasteiger partial charge in [-0.3, -0.25) is 4.79 Å². The normalized spacial score (nSPS) is 24.0. The van der Waals surface area contributed by atoms with Crippen molar-refractivity contribution in [3.05, 3.63) is 23.8 Å². The van der Waals surface area contributed by atoms with Gasteiger partial charge in [-0.15, -0.1) is 0 Å². The van der Waals surface area contributed by atoms with Crippen molar-refractivity contribution in [2.45, 2.75) is 50.9 Å². The van der Waals surface area contributed by atoms with Crippen molar-refractivity contribution in [3.8, 4) is 11.5 Å². The molecule has 2 aliphatic heterocycles. The van der Waals surface area contributed by atoms with Crippen LogP contribution >= 0.6 is 0 Å². The Balaban J connectivity index is 1.86. The smallest absolute Gasteiger partial charge is 0.316 e. The predicted octanol–water partition coefficient (Wildman–Crippen LogP) is 3.45. The first-order valence-electron chi connectivity index (χ1n) is 7.93. The highest BCUT2D eigenvalue weighted by molar-refractivity contribution is 6.74. The van der Waals surface area contributed by atoms with Crippen molar-refractivity contribution in [2.75, 3.05) is 13.4 Å². The van der Waals surface area contributed by atoms with Crippen LogP contribution in [0.25, 0.3) is 0 Å². The van der Waals surface area contributed by atoms with Crippen LogP contribution in [0.2, 0.25) is 18.1 Å². The van der Waals surface area contributed by atoms with Gasteiger partial charge in [0, 0.05) is 0 Å². The van der Waals surface area contributed by atoms with Gasteiger partial charge in [0.05, 0.1) is 6.10 Å². The summed E-state index contributed by atoms with van der Waals surface area (Å²) in [5.74, 6) is 0.751. The van der Waals surface area contributed by atoms with E-state index in [0.29, 0.717) is 18.1 Å². The summed E-state index contributed by atoms with van der Waals surface area (Å²) < 4.78 is 22.5. The molecule has 2 aliphatic rings. The minimum atomic E-state index is -1.98. The number of esters is 1. The number of carbonyl (C=O) groups excluding carboxylic acids is 1. The van der Waals surface area contributed by atoms with E-state index in [1.54, 1.807) is 0 Å². The SMILES string of the molecule is CC(C)(C)[Si](C)(C)O[C@@H]1COC(=O)[C@H]1c1ccc2c(c1)OCO2. The zero-order valence-electron chi connectivity index (χ0n) is 14.3. The topological polar surface area (TPSA) is 54.0 Å². The molecule has 126 valence electrons. The first-order valence-corrected chi connectivity index (χ1v) is 10.8. The minimum absolute atomic E-state index is 0.0814. The van der Waals surface area contributed by atoms with Crippen LogP contribution in [0, 0.1) is 0 Å². The van der Waals surface area contributed by atoms with Crippen LogP contribution < -0.4 is 9.47 Å². The monoisotopic (exact) mass is 336 g/mol. The number of rotatable bonds is 3. The molecule has 0 amide bonds. The molecule has 0 saturated carbocycles. The van der Waals surface area contributed by atoms with E-state index in [-0.39, 0.29) is 23.9 Å². The summed E-state index contributed by atoms with van der Waals surface area (Å²) in [6, 6.07) is 5.60. The summed E-state index contributed by atoms with van der Waals surface area (Å²) in [5, 5.41) is 0.0814. The molecule has 1 fully saturated rings. The number of hydrogen-bond acceptors (Lipinski definition) is 5. The summed E-state index contributed by atoms with van der Waals surface area (Å²) in [6.07, 6.45) is -0.247. The first kappa shape index (κ1) is 16.3. The van der Waals surface area contributed by atoms with Gasteiger partial charge in [-0.05, 0) is 35.8 Å². The lowest BCUT2D eigenvalue weighted by Crippen LogP contribution is -2.45. The van der Waals surface area contributed by atoms with E-state index in [4.69, 9.17) is 18.6 Å². The summed E-state index contributed by atoms with van der Waals surface area (Å²) >= 11 is 0. The molecule has 0 aromatic heterocycles. The Kier molecular flexibility index (Phi) is 3.92. The van der Waals surface area contributed by atoms with Crippen LogP contribution in [0.3, 0.4) is 0 Å². The van der Waals surface area contributed by atoms with Crippen LogP contribution in [-0.4, -0.2) is 33.8 Å². The third-order valence-electron chi connectivity index (χ3n) is 5.02. The highest BCUT2D eigenvalue weighted by Crippen LogP contribution is 2.42. The number of fused-ring (bicyclic) bond motifs is 1. The van der Waals surface area contributed by atoms with E-state index in [1.165, 1.54) is 0 Å². The molecular weight excluding hydrogens is 312 g/mol. The lowest BCUT2D eigenvalue weighted by molar-refractivity contribution is -0.139. The lowest BCUT2D eigenvalue weighted by Gasteiger charge is -2.38. The molecule has 0 spiro atoms. The standard InChI is InChI=1S/C17H24O5Si/c1-17(2,3)23(4,5)22-14-9-19-16(18)15(14)11-6-7-12-13(8-11)21-10-20-12/h6-8,14-15H,9-10H2,1-5H3/t14-,15+/m1/s1. The molecule has 3 rings (SSSR count). The summed E-state index contributed by atoms with van der Waals surface area (Å²) in [7, 11) is -1.98. The van der Waals surface area contributed by atoms with Crippen molar-refractivity contribution >= 4 is 14.3 Å². The van der Waals surface area contributed by atoms with Crippen LogP contribution in [0.1, 0.15) is 32.3 Å². The van der Waals surface area contributed by atoms with E-state index in [1.807, 2.05) is 18.2 Å². The highest BCUT2D eigenvalue weighted by Gasteiger charge is 2.46. The summed E-state index contributed by atoms with van der Waals surface area (Å²) in [5.41, 5.74) is 0.862. The Morgan fingerprint density at radius 1 is 1.13 bits per heavy atom. The van der Waals surface area contributed by atoms with Crippen LogP contribution in [0.15, 0.2) is 18.2 Å². The maximum absolute atomic E-state index is 12.3. The molecule has 2 heterocycles. The van der Waals surface area contributed by atoms with Gasteiger partial charge in [0.2, 0.25) is 6.79 Å². The molecule has 0 aliphatic carbocycles. The van der Waals surface area contributed by atoms with Gasteiger partial charge in [0.25, 0.3) is 0 Å². The molecule has 0 radical (unpaired) electrons. The van der Waals surface area contributed by atoms with Gasteiger partial charge in [0.15, 0.2) is 19.8 Å². The fraction of sp³-hybridized carbons (Fsp3) is 0.588. The minimum Gasteiger partial charge on any atom is -0.462 e. The van der Waals surface area contributed by atoms with E-state index in [0.717, 1.165) is 5.56 Å². The average Bonchev–Trinajstić information content (AvgIpc) is 3.03. The Hall–Kier alpha value is -1.53. The van der Waals surface area contributed by atoms with E-state index in [2.05, 4.69) is 33.9 Å². The van der Waals surface area contributed by atoms with E-state index in [9.17, 15) is 4.79 Å². The predicted molar refractivity (Wildman–Crippen MR) is 88.3 cm³/mol. The summed E-state index contributed by atoms with van der Waals surface area (Å²) in [4.78, 5) is 12.3. The van der Waals surface area contributed by atoms with Crippen molar-refractivity contribution in [2.24, 2.45) is 0 Å². The maximum atomic E-state index is 12.3. The second kappa shape index (κ2) is 5.53. The molecule has 5 nitrogen and oxygen atoms in total. The highest BCUT2D eigenvalue weighted by atomic mass is 28.4. The Labute approximate surface area is 138 Å². The van der Waals surface area contributed by atoms with Crippen molar-refractivity contribution < 1.29 is 23.4 Å². The van der Waals surface area contributed by atoms with Gasteiger partial charge in [0.1, 0.15) is 12.5 Å². The van der Waals surface area contributed by atoms with Crippen LogP contribution in [-0.2, 0) is 14.0 Å². The van der Waals surface area contributed by atoms with Crippen molar-refractivity contribution in [3.63, 3.8) is 0 Å². The number of hydrogen-bond donors (Lipinski definition) is 0.